The number of hydrogen-bond acceptors (Lipinski definition) is 13. The number of nitrogens with one attached hydrogen (secondary N) is 1. The molecule has 0 bridgehead atoms. The summed E-state index contributed by atoms with van der Waals surface area (Å²) >= 11 is 0. The molecule has 14 heteroatoms. The molecule has 2 aliphatic heterocycles. The maximum atomic E-state index is 13.2. The first-order valence-corrected chi connectivity index (χ1v) is 25.1. The van der Waals surface area contributed by atoms with Gasteiger partial charge in [0.05, 0.1) is 32.0 Å². The third-order valence-electron chi connectivity index (χ3n) is 12.4. The van der Waals surface area contributed by atoms with Crippen molar-refractivity contribution in [3.8, 4) is 0 Å². The summed E-state index contributed by atoms with van der Waals surface area (Å²) in [5.74, 6) is -0.214. The van der Waals surface area contributed by atoms with Crippen LogP contribution in [0, 0.1) is 0 Å². The highest BCUT2D eigenvalue weighted by Gasteiger charge is 2.51. The van der Waals surface area contributed by atoms with E-state index >= 15 is 0 Å². The van der Waals surface area contributed by atoms with Crippen molar-refractivity contribution in [3.63, 3.8) is 0 Å². The summed E-state index contributed by atoms with van der Waals surface area (Å²) in [6.45, 7) is 2.79. The van der Waals surface area contributed by atoms with Gasteiger partial charge in [-0.15, -0.1) is 0 Å². The number of unbranched alkanes of at least 4 members (excludes halogenated alkanes) is 21. The minimum atomic E-state index is -1.78. The molecule has 0 aromatic heterocycles. The van der Waals surface area contributed by atoms with Crippen LogP contribution in [0.25, 0.3) is 0 Å². The second kappa shape index (κ2) is 36.6. The molecule has 2 aliphatic rings. The van der Waals surface area contributed by atoms with Crippen LogP contribution in [0.5, 0.6) is 0 Å². The molecule has 9 N–H and O–H groups in total. The highest BCUT2D eigenvalue weighted by atomic mass is 16.7. The van der Waals surface area contributed by atoms with Gasteiger partial charge in [0.2, 0.25) is 5.91 Å². The number of ether oxygens (including phenoxy) is 4. The van der Waals surface area contributed by atoms with E-state index in [0.717, 1.165) is 64.2 Å². The molecule has 14 nitrogen and oxygen atoms in total. The molecular formula is C49H91NO13. The highest BCUT2D eigenvalue weighted by molar-refractivity contribution is 5.76. The monoisotopic (exact) mass is 902 g/mol. The lowest BCUT2D eigenvalue weighted by Crippen LogP contribution is -2.65. The van der Waals surface area contributed by atoms with Gasteiger partial charge >= 0.3 is 0 Å². The summed E-state index contributed by atoms with van der Waals surface area (Å²) in [6, 6.07) is -0.827. The van der Waals surface area contributed by atoms with Crippen molar-refractivity contribution in [2.45, 2.75) is 261 Å². The van der Waals surface area contributed by atoms with E-state index in [-0.39, 0.29) is 12.5 Å². The summed E-state index contributed by atoms with van der Waals surface area (Å²) in [5.41, 5.74) is 0. The number of carbonyl (C=O) groups is 1. The van der Waals surface area contributed by atoms with Crippen LogP contribution in [0.2, 0.25) is 0 Å². The Morgan fingerprint density at radius 1 is 0.571 bits per heavy atom. The zero-order valence-electron chi connectivity index (χ0n) is 39.1. The number of aliphatic hydroxyl groups excluding tert-OH is 8. The number of aliphatic hydroxyl groups is 8. The van der Waals surface area contributed by atoms with Crippen molar-refractivity contribution >= 4 is 5.91 Å². The van der Waals surface area contributed by atoms with Gasteiger partial charge < -0.3 is 65.1 Å². The summed E-state index contributed by atoms with van der Waals surface area (Å²) in [7, 11) is 0. The van der Waals surface area contributed by atoms with Gasteiger partial charge in [0, 0.05) is 6.42 Å². The fraction of sp³-hybridized carbons (Fsp3) is 0.898. The van der Waals surface area contributed by atoms with E-state index in [2.05, 4.69) is 43.5 Å². The van der Waals surface area contributed by atoms with Crippen molar-refractivity contribution < 1.29 is 64.6 Å². The van der Waals surface area contributed by atoms with Crippen molar-refractivity contribution in [3.05, 3.63) is 24.3 Å². The molecule has 0 aromatic rings. The summed E-state index contributed by atoms with van der Waals surface area (Å²) in [4.78, 5) is 13.2. The highest BCUT2D eigenvalue weighted by Crippen LogP contribution is 2.30. The minimum absolute atomic E-state index is 0.214. The van der Waals surface area contributed by atoms with Crippen LogP contribution in [0.3, 0.4) is 0 Å². The Balaban J connectivity index is 1.80. The topological polar surface area (TPSA) is 228 Å². The molecule has 2 heterocycles. The average molecular weight is 902 g/mol. The predicted molar refractivity (Wildman–Crippen MR) is 245 cm³/mol. The third-order valence-corrected chi connectivity index (χ3v) is 12.4. The first-order chi connectivity index (χ1) is 30.6. The molecule has 0 aromatic carbocycles. The van der Waals surface area contributed by atoms with Crippen molar-refractivity contribution in [2.24, 2.45) is 0 Å². The van der Waals surface area contributed by atoms with E-state index in [0.29, 0.717) is 12.8 Å². The van der Waals surface area contributed by atoms with Crippen molar-refractivity contribution in [1.29, 1.82) is 0 Å². The Labute approximate surface area is 379 Å². The first kappa shape index (κ1) is 57.6. The van der Waals surface area contributed by atoms with Crippen LogP contribution in [0.15, 0.2) is 24.3 Å². The number of amides is 1. The van der Waals surface area contributed by atoms with Gasteiger partial charge in [0.1, 0.15) is 48.8 Å². The molecular weight excluding hydrogens is 811 g/mol. The van der Waals surface area contributed by atoms with Crippen LogP contribution in [-0.2, 0) is 23.7 Å². The quantitative estimate of drug-likeness (QED) is 0.0250. The van der Waals surface area contributed by atoms with Gasteiger partial charge in [-0.1, -0.05) is 160 Å². The normalized spacial score (nSPS) is 27.7. The lowest BCUT2D eigenvalue weighted by molar-refractivity contribution is -0.359. The SMILES string of the molecule is CCCCC/C=C\C/C=C\CCCCCCCCCCCC(=O)NC(COC1OC(CO)C(OC2OC(CO)C(O)C(O)C2O)C(O)C1O)C(O)CCCCCCCCCCCC. The van der Waals surface area contributed by atoms with E-state index in [9.17, 15) is 45.6 Å². The van der Waals surface area contributed by atoms with E-state index in [4.69, 9.17) is 18.9 Å². The summed E-state index contributed by atoms with van der Waals surface area (Å²) < 4.78 is 22.7. The maximum absolute atomic E-state index is 13.2. The van der Waals surface area contributed by atoms with Crippen LogP contribution in [-0.4, -0.2) is 140 Å². The smallest absolute Gasteiger partial charge is 0.220 e. The molecule has 0 spiro atoms. The average Bonchev–Trinajstić information content (AvgIpc) is 3.28. The van der Waals surface area contributed by atoms with Crippen LogP contribution < -0.4 is 5.32 Å². The number of allylic oxidation sites excluding steroid dienone is 4. The molecule has 2 rings (SSSR count). The van der Waals surface area contributed by atoms with Crippen molar-refractivity contribution in [1.82, 2.24) is 5.32 Å². The standard InChI is InChI=1S/C49H91NO13/c1-3-5-7-9-11-13-15-16-17-18-19-20-21-22-23-25-27-29-31-33-41(54)50-37(38(53)32-30-28-26-24-14-12-10-8-6-4-2)36-60-48-46(59)44(57)47(40(35-52)62-48)63-49-45(58)43(56)42(55)39(34-51)61-49/h11,13,16-17,37-40,42-49,51-53,55-59H,3-10,12,14-15,18-36H2,1-2H3,(H,50,54)/b13-11-,17-16-. The van der Waals surface area contributed by atoms with E-state index < -0.39 is 86.8 Å². The lowest BCUT2D eigenvalue weighted by Gasteiger charge is -2.46. The third kappa shape index (κ3) is 24.2. The molecule has 12 atom stereocenters. The zero-order chi connectivity index (χ0) is 46.1. The van der Waals surface area contributed by atoms with Gasteiger partial charge in [-0.2, -0.15) is 0 Å². The fourth-order valence-electron chi connectivity index (χ4n) is 8.27. The Kier molecular flexibility index (Phi) is 33.4. The first-order valence-electron chi connectivity index (χ1n) is 25.1. The van der Waals surface area contributed by atoms with Crippen LogP contribution >= 0.6 is 0 Å². The molecule has 0 saturated carbocycles. The van der Waals surface area contributed by atoms with E-state index in [1.165, 1.54) is 96.3 Å². The maximum Gasteiger partial charge on any atom is 0.220 e. The lowest BCUT2D eigenvalue weighted by atomic mass is 9.97. The molecule has 12 unspecified atom stereocenters. The zero-order valence-corrected chi connectivity index (χ0v) is 39.1. The Hall–Kier alpha value is -1.53. The predicted octanol–water partition coefficient (Wildman–Crippen LogP) is 6.16. The summed E-state index contributed by atoms with van der Waals surface area (Å²) in [5, 5.41) is 86.7. The van der Waals surface area contributed by atoms with Gasteiger partial charge in [-0.25, -0.2) is 0 Å². The second-order valence-electron chi connectivity index (χ2n) is 17.9. The van der Waals surface area contributed by atoms with Crippen LogP contribution in [0.4, 0.5) is 0 Å². The molecule has 63 heavy (non-hydrogen) atoms. The largest absolute Gasteiger partial charge is 0.394 e. The number of hydrogen-bond donors (Lipinski definition) is 9. The Morgan fingerprint density at radius 2 is 1.05 bits per heavy atom. The molecule has 0 radical (unpaired) electrons. The van der Waals surface area contributed by atoms with Crippen molar-refractivity contribution in [2.75, 3.05) is 19.8 Å². The molecule has 1 amide bonds. The second-order valence-corrected chi connectivity index (χ2v) is 17.9. The molecule has 2 saturated heterocycles. The van der Waals surface area contributed by atoms with Crippen LogP contribution in [0.1, 0.15) is 187 Å². The summed E-state index contributed by atoms with van der Waals surface area (Å²) in [6.07, 6.45) is 21.8. The minimum Gasteiger partial charge on any atom is -0.394 e. The van der Waals surface area contributed by atoms with Gasteiger partial charge in [0.15, 0.2) is 12.6 Å². The van der Waals surface area contributed by atoms with Gasteiger partial charge in [-0.3, -0.25) is 4.79 Å². The Morgan fingerprint density at radius 3 is 1.62 bits per heavy atom. The van der Waals surface area contributed by atoms with Gasteiger partial charge in [0.25, 0.3) is 0 Å². The fourth-order valence-corrected chi connectivity index (χ4v) is 8.27. The molecule has 0 aliphatic carbocycles. The van der Waals surface area contributed by atoms with E-state index in [1.807, 2.05) is 0 Å². The van der Waals surface area contributed by atoms with E-state index in [1.54, 1.807) is 0 Å². The Bertz CT molecular complexity index is 1160. The number of carbonyl (C=O) groups excluding carboxylic acids is 1. The molecule has 370 valence electrons. The number of rotatable bonds is 38. The van der Waals surface area contributed by atoms with Gasteiger partial charge in [-0.05, 0) is 44.9 Å². The molecule has 2 fully saturated rings.